The number of carbonyl (C=O) groups is 12. The Kier molecular flexibility index (Phi) is 17.7. The lowest BCUT2D eigenvalue weighted by Crippen LogP contribution is -2.40. The number of ether oxygens (including phenoxy) is 1. The van der Waals surface area contributed by atoms with Crippen LogP contribution in [0.1, 0.15) is 124 Å². The fraction of sp³-hybridized carbons (Fsp3) is 0.118. The van der Waals surface area contributed by atoms with Crippen molar-refractivity contribution >= 4 is 109 Å². The van der Waals surface area contributed by atoms with Crippen LogP contribution in [0.15, 0.2) is 173 Å². The van der Waals surface area contributed by atoms with Crippen molar-refractivity contribution in [2.24, 2.45) is 0 Å². The summed E-state index contributed by atoms with van der Waals surface area (Å²) in [6, 6.07) is 39.1. The Labute approximate surface area is 550 Å². The Bertz CT molecular complexity index is 4840. The SMILES string of the molecule is COc1ccc2c(c1)C(=O)C(O)(O)C2=O.CSc1ccc2c(c1)C(=O)C(O)(O)C2=O.O=C1c2cc3ccccc3cc2C(=O)C1(O)O.O=C1c2cc3ccoc3cc2C(=O)C1(O)O.O=C1c2ccc(-c3ccc([N+](=O)[O-])cc3)cc2C(=O)C1(O)O.O=C1c2ccccc2C(=O)C1(O)O. The number of rotatable bonds is 4. The molecule has 0 bridgehead atoms. The van der Waals surface area contributed by atoms with Gasteiger partial charge in [0.1, 0.15) is 11.3 Å². The summed E-state index contributed by atoms with van der Waals surface area (Å²) in [6.07, 6.45) is 3.26. The Morgan fingerprint density at radius 3 is 1.06 bits per heavy atom. The van der Waals surface area contributed by atoms with Gasteiger partial charge in [0.05, 0.1) is 18.3 Å². The molecule has 0 saturated heterocycles. The number of methoxy groups -OCH3 is 1. The van der Waals surface area contributed by atoms with Gasteiger partial charge in [-0.25, -0.2) is 0 Å². The molecule has 0 saturated carbocycles. The molecule has 12 N–H and O–H groups in total. The minimum atomic E-state index is -3.02. The molecule has 496 valence electrons. The average Bonchev–Trinajstić information content (AvgIpc) is 1.62. The lowest BCUT2D eigenvalue weighted by atomic mass is 10.00. The van der Waals surface area contributed by atoms with Crippen LogP contribution in [-0.4, -0.2) is 184 Å². The summed E-state index contributed by atoms with van der Waals surface area (Å²) in [5, 5.41) is 125. The summed E-state index contributed by atoms with van der Waals surface area (Å²) in [5.74, 6) is -29.0. The highest BCUT2D eigenvalue weighted by atomic mass is 32.2. The van der Waals surface area contributed by atoms with E-state index in [2.05, 4.69) is 0 Å². The predicted octanol–water partition coefficient (Wildman–Crippen LogP) is 2.68. The molecule has 8 aromatic carbocycles. The Morgan fingerprint density at radius 2 is 0.663 bits per heavy atom. The zero-order chi connectivity index (χ0) is 71.8. The van der Waals surface area contributed by atoms with Crippen molar-refractivity contribution < 1.29 is 133 Å². The van der Waals surface area contributed by atoms with E-state index in [1.807, 2.05) is 6.26 Å². The normalized spacial score (nSPS) is 17.5. The first-order valence-corrected chi connectivity index (χ1v) is 29.2. The highest BCUT2D eigenvalue weighted by Gasteiger charge is 2.55. The third kappa shape index (κ3) is 11.6. The predicted molar refractivity (Wildman–Crippen MR) is 331 cm³/mol. The number of aliphatic hydroxyl groups is 12. The smallest absolute Gasteiger partial charge is 0.295 e. The minimum Gasteiger partial charge on any atom is -0.497 e. The molecule has 6 aliphatic rings. The van der Waals surface area contributed by atoms with Crippen molar-refractivity contribution in [2.75, 3.05) is 13.4 Å². The number of hydrogen-bond acceptors (Lipinski definition) is 29. The van der Waals surface area contributed by atoms with Crippen LogP contribution >= 0.6 is 11.8 Å². The molecule has 0 unspecified atom stereocenters. The molecule has 98 heavy (non-hydrogen) atoms. The molecule has 0 aliphatic heterocycles. The molecular formula is C68H45NO28S. The summed E-state index contributed by atoms with van der Waals surface area (Å²) in [4.78, 5) is 149. The number of thioether (sulfide) groups is 1. The number of carbonyl (C=O) groups excluding carboxylic acids is 12. The number of non-ortho nitro benzene ring substituents is 1. The van der Waals surface area contributed by atoms with Gasteiger partial charge in [-0.3, -0.25) is 67.6 Å². The van der Waals surface area contributed by atoms with Gasteiger partial charge in [0.2, 0.25) is 69.4 Å². The maximum Gasteiger partial charge on any atom is 0.295 e. The van der Waals surface area contributed by atoms with Crippen LogP contribution in [-0.2, 0) is 0 Å². The minimum absolute atomic E-state index is 0.00537. The molecular weight excluding hydrogens is 1310 g/mol. The monoisotopic (exact) mass is 1360 g/mol. The van der Waals surface area contributed by atoms with E-state index in [0.717, 1.165) is 15.7 Å². The lowest BCUT2D eigenvalue weighted by Gasteiger charge is -2.08. The number of fused-ring (bicyclic) bond motifs is 8. The Balaban J connectivity index is 0.000000128. The van der Waals surface area contributed by atoms with Crippen molar-refractivity contribution in [3.05, 3.63) is 241 Å². The number of nitro benzene ring substituents is 1. The van der Waals surface area contributed by atoms with Gasteiger partial charge in [-0.15, -0.1) is 11.8 Å². The number of ketones is 12. The largest absolute Gasteiger partial charge is 0.497 e. The molecule has 0 amide bonds. The molecule has 0 spiro atoms. The standard InChI is InChI=1S/C15H9NO6.C13H8O4.C11H6O5.C10H8O5.C10H8O4S.C9H6O4/c17-13-11-6-3-9(7-12(11)14(18)15(13,19)20)8-1-4-10(5-2-8)16(21)22;14-11-9-5-7-3-1-2-4-8(7)6-10(9)12(15)13(11,16)17;12-9-6-3-5-1-2-16-8(5)4-7(6)10(13)11(9,14)15;2*1-15-5-2-3-6-7(4-5)9(12)10(13,14)8(6)11;10-7-5-3-1-2-4-6(5)8(11)9(7,12)13/h1-7,19-20H;1-6,16-17H;1-4,14-15H;2*2-4,13-14H,1H3;1-4,12-13H. The summed E-state index contributed by atoms with van der Waals surface area (Å²) < 4.78 is 9.93. The summed E-state index contributed by atoms with van der Waals surface area (Å²) in [7, 11) is 1.41. The summed E-state index contributed by atoms with van der Waals surface area (Å²) in [6.45, 7) is 0. The quantitative estimate of drug-likeness (QED) is 0.0396. The average molecular weight is 1360 g/mol. The molecule has 1 heterocycles. The maximum absolute atomic E-state index is 11.8. The van der Waals surface area contributed by atoms with Gasteiger partial charge in [-0.2, -0.15) is 0 Å². The number of nitrogens with zero attached hydrogens (tertiary/aromatic N) is 1. The fourth-order valence-electron chi connectivity index (χ4n) is 10.7. The number of hydrogen-bond donors (Lipinski definition) is 12. The zero-order valence-corrected chi connectivity index (χ0v) is 50.7. The number of furan rings is 1. The van der Waals surface area contributed by atoms with E-state index in [0.29, 0.717) is 27.8 Å². The number of nitro groups is 1. The Hall–Kier alpha value is -11.3. The van der Waals surface area contributed by atoms with E-state index in [1.54, 1.807) is 48.5 Å². The van der Waals surface area contributed by atoms with Crippen LogP contribution in [0.5, 0.6) is 5.75 Å². The van der Waals surface area contributed by atoms with Gasteiger partial charge in [0.25, 0.3) is 40.4 Å². The molecule has 0 fully saturated rings. The van der Waals surface area contributed by atoms with E-state index in [9.17, 15) is 119 Å². The summed E-state index contributed by atoms with van der Waals surface area (Å²) in [5.41, 5.74) is 1.77. The van der Waals surface area contributed by atoms with Crippen molar-refractivity contribution in [3.8, 4) is 16.9 Å². The highest BCUT2D eigenvalue weighted by molar-refractivity contribution is 7.98. The van der Waals surface area contributed by atoms with E-state index in [4.69, 9.17) is 19.4 Å². The van der Waals surface area contributed by atoms with Gasteiger partial charge in [-0.1, -0.05) is 54.6 Å². The van der Waals surface area contributed by atoms with Crippen molar-refractivity contribution in [2.45, 2.75) is 39.6 Å². The van der Waals surface area contributed by atoms with Gasteiger partial charge in [0.15, 0.2) is 0 Å². The second kappa shape index (κ2) is 25.0. The van der Waals surface area contributed by atoms with Crippen LogP contribution in [0.4, 0.5) is 5.69 Å². The maximum atomic E-state index is 11.8. The number of Topliss-reactive ketones (excluding diaryl/α,β-unsaturated/α-hetero) is 12. The van der Waals surface area contributed by atoms with Crippen LogP contribution in [0.25, 0.3) is 32.9 Å². The summed E-state index contributed by atoms with van der Waals surface area (Å²) >= 11 is 1.41. The first-order chi connectivity index (χ1) is 45.9. The molecule has 30 heteroatoms. The van der Waals surface area contributed by atoms with Crippen LogP contribution < -0.4 is 4.74 Å². The van der Waals surface area contributed by atoms with Crippen LogP contribution in [0, 0.1) is 10.1 Å². The van der Waals surface area contributed by atoms with Gasteiger partial charge < -0.3 is 70.4 Å². The van der Waals surface area contributed by atoms with Gasteiger partial charge in [0, 0.05) is 89.2 Å². The van der Waals surface area contributed by atoms with Crippen molar-refractivity contribution in [1.82, 2.24) is 0 Å². The Morgan fingerprint density at radius 1 is 0.347 bits per heavy atom. The van der Waals surface area contributed by atoms with E-state index in [-0.39, 0.29) is 72.4 Å². The molecule has 6 aliphatic carbocycles. The van der Waals surface area contributed by atoms with E-state index < -0.39 is 109 Å². The van der Waals surface area contributed by atoms with Crippen molar-refractivity contribution in [1.29, 1.82) is 0 Å². The van der Waals surface area contributed by atoms with Gasteiger partial charge in [-0.05, 0) is 119 Å². The fourth-order valence-corrected chi connectivity index (χ4v) is 11.1. The second-order valence-electron chi connectivity index (χ2n) is 22.0. The molecule has 0 radical (unpaired) electrons. The van der Waals surface area contributed by atoms with Crippen LogP contribution in [0.3, 0.4) is 0 Å². The van der Waals surface area contributed by atoms with Crippen LogP contribution in [0.2, 0.25) is 0 Å². The molecule has 9 aromatic rings. The van der Waals surface area contributed by atoms with E-state index in [1.165, 1.54) is 134 Å². The van der Waals surface area contributed by atoms with E-state index >= 15 is 0 Å². The topological polar surface area (TPSA) is 513 Å². The molecule has 15 rings (SSSR count). The lowest BCUT2D eigenvalue weighted by molar-refractivity contribution is -0.384. The zero-order valence-electron chi connectivity index (χ0n) is 49.8. The van der Waals surface area contributed by atoms with Crippen molar-refractivity contribution in [3.63, 3.8) is 0 Å². The molecule has 0 atom stereocenters. The third-order valence-corrected chi connectivity index (χ3v) is 16.8. The molecule has 1 aromatic heterocycles. The number of benzene rings is 8. The molecule has 29 nitrogen and oxygen atoms in total. The second-order valence-corrected chi connectivity index (χ2v) is 22.9. The first-order valence-electron chi connectivity index (χ1n) is 28.0. The van der Waals surface area contributed by atoms with Gasteiger partial charge >= 0.3 is 0 Å². The first kappa shape index (κ1) is 69.5. The third-order valence-electron chi connectivity index (χ3n) is 16.0. The highest BCUT2D eigenvalue weighted by Crippen LogP contribution is 2.38.